The second-order valence-corrected chi connectivity index (χ2v) is 8.20. The average molecular weight is 434 g/mol. The van der Waals surface area contributed by atoms with Crippen LogP contribution in [0, 0.1) is 17.4 Å². The van der Waals surface area contributed by atoms with Gasteiger partial charge < -0.3 is 9.80 Å². The minimum atomic E-state index is 0.129. The van der Waals surface area contributed by atoms with Gasteiger partial charge in [0.25, 0.3) is 0 Å². The number of hydrogen-bond acceptors (Lipinski definition) is 5. The molecule has 1 aliphatic heterocycles. The number of halogens is 1. The van der Waals surface area contributed by atoms with Gasteiger partial charge in [0.2, 0.25) is 5.96 Å². The van der Waals surface area contributed by atoms with Gasteiger partial charge >= 0.3 is 0 Å². The minimum absolute atomic E-state index is 0.129. The highest BCUT2D eigenvalue weighted by atomic mass is 35.5. The largest absolute Gasteiger partial charge is 0.351 e. The Balaban J connectivity index is 1.62. The third-order valence-electron chi connectivity index (χ3n) is 5.47. The van der Waals surface area contributed by atoms with Crippen molar-refractivity contribution in [3.8, 4) is 6.19 Å². The van der Waals surface area contributed by atoms with Crippen LogP contribution >= 0.6 is 11.6 Å². The van der Waals surface area contributed by atoms with Gasteiger partial charge in [-0.3, -0.25) is 10.3 Å². The lowest BCUT2D eigenvalue weighted by atomic mass is 10.00. The molecule has 158 valence electrons. The molecule has 0 amide bonds. The van der Waals surface area contributed by atoms with Gasteiger partial charge in [-0.15, -0.1) is 0 Å². The van der Waals surface area contributed by atoms with E-state index < -0.39 is 0 Å². The van der Waals surface area contributed by atoms with Crippen molar-refractivity contribution in [3.63, 3.8) is 0 Å². The maximum absolute atomic E-state index is 9.34. The zero-order valence-electron chi connectivity index (χ0n) is 17.5. The first-order chi connectivity index (χ1) is 15.1. The number of aromatic nitrogens is 2. The van der Waals surface area contributed by atoms with E-state index in [0.717, 1.165) is 29.9 Å². The van der Waals surface area contributed by atoms with Gasteiger partial charge in [0, 0.05) is 19.6 Å². The summed E-state index contributed by atoms with van der Waals surface area (Å²) in [5.41, 5.74) is 2.40. The van der Waals surface area contributed by atoms with Crippen molar-refractivity contribution in [1.82, 2.24) is 20.2 Å². The Morgan fingerprint density at radius 2 is 1.90 bits per heavy atom. The van der Waals surface area contributed by atoms with Gasteiger partial charge in [-0.05, 0) is 30.2 Å². The van der Waals surface area contributed by atoms with Crippen LogP contribution in [0.2, 0.25) is 5.02 Å². The molecule has 0 bridgehead atoms. The van der Waals surface area contributed by atoms with Crippen LogP contribution in [0.25, 0.3) is 11.0 Å². The van der Waals surface area contributed by atoms with Crippen molar-refractivity contribution in [2.45, 2.75) is 19.9 Å². The first kappa shape index (κ1) is 20.9. The van der Waals surface area contributed by atoms with Crippen molar-refractivity contribution in [2.75, 3.05) is 24.5 Å². The van der Waals surface area contributed by atoms with Gasteiger partial charge in [-0.2, -0.15) is 5.26 Å². The molecule has 0 saturated carbocycles. The highest BCUT2D eigenvalue weighted by Gasteiger charge is 2.32. The molecular formula is C23H24ClN7. The van der Waals surface area contributed by atoms with Crippen LogP contribution in [0.15, 0.2) is 59.7 Å². The fourth-order valence-electron chi connectivity index (χ4n) is 3.82. The van der Waals surface area contributed by atoms with Crippen LogP contribution in [-0.2, 0) is 0 Å². The van der Waals surface area contributed by atoms with Gasteiger partial charge in [0.1, 0.15) is 5.82 Å². The maximum Gasteiger partial charge on any atom is 0.213 e. The lowest BCUT2D eigenvalue weighted by Crippen LogP contribution is -2.59. The van der Waals surface area contributed by atoms with Crippen LogP contribution in [0.3, 0.4) is 0 Å². The Bertz CT molecular complexity index is 1140. The number of nitriles is 1. The lowest BCUT2D eigenvalue weighted by Gasteiger charge is -2.44. The zero-order valence-corrected chi connectivity index (χ0v) is 18.3. The number of nitrogens with one attached hydrogen (secondary N) is 1. The second kappa shape index (κ2) is 9.19. The highest BCUT2D eigenvalue weighted by molar-refractivity contribution is 6.33. The number of anilines is 1. The van der Waals surface area contributed by atoms with Gasteiger partial charge in [-0.25, -0.2) is 9.98 Å². The van der Waals surface area contributed by atoms with Crippen molar-refractivity contribution >= 4 is 40.1 Å². The number of aliphatic imine (C=N–C) groups is 1. The summed E-state index contributed by atoms with van der Waals surface area (Å²) < 4.78 is 0. The van der Waals surface area contributed by atoms with Crippen LogP contribution in [0.4, 0.5) is 11.5 Å². The lowest BCUT2D eigenvalue weighted by molar-refractivity contribution is 0.220. The number of rotatable bonds is 3. The smallest absolute Gasteiger partial charge is 0.213 e. The van der Waals surface area contributed by atoms with Crippen LogP contribution in [0.5, 0.6) is 0 Å². The van der Waals surface area contributed by atoms with E-state index >= 15 is 0 Å². The standard InChI is InChI=1S/C23H24ClN7/c1-16(2)21-14-30(22-13-26-19-9-5-6-10-20(19)28-22)11-12-31(21)23(27-15-25)29-18-8-4-3-7-17(18)24/h3-10,13,16,21H,11-12,14H2,1-2H3,(H,27,29). The predicted octanol–water partition coefficient (Wildman–Crippen LogP) is 4.19. The van der Waals surface area contributed by atoms with E-state index in [9.17, 15) is 5.26 Å². The van der Waals surface area contributed by atoms with E-state index in [1.807, 2.05) is 54.9 Å². The predicted molar refractivity (Wildman–Crippen MR) is 124 cm³/mol. The Hall–Kier alpha value is -3.37. The van der Waals surface area contributed by atoms with Crippen LogP contribution in [-0.4, -0.2) is 46.5 Å². The molecule has 0 radical (unpaired) electrons. The number of para-hydroxylation sites is 3. The van der Waals surface area contributed by atoms with Crippen molar-refractivity contribution in [1.29, 1.82) is 5.26 Å². The molecule has 0 spiro atoms. The molecule has 2 heterocycles. The molecule has 8 heteroatoms. The monoisotopic (exact) mass is 433 g/mol. The Labute approximate surface area is 187 Å². The molecule has 1 saturated heterocycles. The summed E-state index contributed by atoms with van der Waals surface area (Å²) in [7, 11) is 0. The molecule has 1 aliphatic rings. The Morgan fingerprint density at radius 1 is 1.16 bits per heavy atom. The molecule has 31 heavy (non-hydrogen) atoms. The molecule has 2 aromatic carbocycles. The first-order valence-corrected chi connectivity index (χ1v) is 10.7. The first-order valence-electron chi connectivity index (χ1n) is 10.3. The van der Waals surface area contributed by atoms with Crippen LogP contribution in [0.1, 0.15) is 13.8 Å². The quantitative estimate of drug-likeness (QED) is 0.289. The summed E-state index contributed by atoms with van der Waals surface area (Å²) >= 11 is 6.30. The topological polar surface area (TPSA) is 80.4 Å². The molecule has 1 fully saturated rings. The summed E-state index contributed by atoms with van der Waals surface area (Å²) in [6, 6.07) is 15.4. The molecule has 1 N–H and O–H groups in total. The molecule has 0 aliphatic carbocycles. The molecule has 1 atom stereocenters. The SMILES string of the molecule is CC(C)C1CN(c2cnc3ccccc3n2)CCN1C(=Nc1ccccc1Cl)NC#N. The normalized spacial score (nSPS) is 17.1. The number of guanidine groups is 1. The average Bonchev–Trinajstić information content (AvgIpc) is 2.79. The summed E-state index contributed by atoms with van der Waals surface area (Å²) in [5.74, 6) is 1.70. The van der Waals surface area contributed by atoms with Gasteiger partial charge in [0.05, 0.1) is 34.0 Å². The van der Waals surface area contributed by atoms with E-state index in [0.29, 0.717) is 29.1 Å². The van der Waals surface area contributed by atoms with Gasteiger partial charge in [-0.1, -0.05) is 49.7 Å². The third-order valence-corrected chi connectivity index (χ3v) is 5.79. The molecule has 4 rings (SSSR count). The number of nitrogens with zero attached hydrogens (tertiary/aromatic N) is 6. The maximum atomic E-state index is 9.34. The zero-order chi connectivity index (χ0) is 21.8. The van der Waals surface area contributed by atoms with Gasteiger partial charge in [0.15, 0.2) is 6.19 Å². The van der Waals surface area contributed by atoms with Crippen LogP contribution < -0.4 is 10.2 Å². The summed E-state index contributed by atoms with van der Waals surface area (Å²) in [5, 5.41) is 12.7. The number of hydrogen-bond donors (Lipinski definition) is 1. The second-order valence-electron chi connectivity index (χ2n) is 7.79. The summed E-state index contributed by atoms with van der Waals surface area (Å²) in [6.07, 6.45) is 3.86. The summed E-state index contributed by atoms with van der Waals surface area (Å²) in [4.78, 5) is 18.4. The van der Waals surface area contributed by atoms with E-state index in [-0.39, 0.29) is 6.04 Å². The minimum Gasteiger partial charge on any atom is -0.351 e. The summed E-state index contributed by atoms with van der Waals surface area (Å²) in [6.45, 7) is 6.53. The molecular weight excluding hydrogens is 410 g/mol. The van der Waals surface area contributed by atoms with E-state index in [1.165, 1.54) is 0 Å². The fourth-order valence-corrected chi connectivity index (χ4v) is 4.00. The molecule has 1 aromatic heterocycles. The number of benzene rings is 2. The van der Waals surface area contributed by atoms with E-state index in [1.54, 1.807) is 6.07 Å². The van der Waals surface area contributed by atoms with Crippen molar-refractivity contribution in [3.05, 3.63) is 59.8 Å². The number of piperazine rings is 1. The molecule has 3 aromatic rings. The Kier molecular flexibility index (Phi) is 6.19. The molecule has 7 nitrogen and oxygen atoms in total. The van der Waals surface area contributed by atoms with E-state index in [4.69, 9.17) is 16.6 Å². The van der Waals surface area contributed by atoms with E-state index in [2.05, 4.69) is 38.9 Å². The molecule has 1 unspecified atom stereocenters. The Morgan fingerprint density at radius 3 is 2.65 bits per heavy atom. The highest BCUT2D eigenvalue weighted by Crippen LogP contribution is 2.27. The van der Waals surface area contributed by atoms with Crippen molar-refractivity contribution in [2.24, 2.45) is 10.9 Å². The van der Waals surface area contributed by atoms with Crippen molar-refractivity contribution < 1.29 is 0 Å². The fraction of sp³-hybridized carbons (Fsp3) is 0.304. The number of fused-ring (bicyclic) bond motifs is 1. The third kappa shape index (κ3) is 4.54.